The molecule has 0 aromatic heterocycles. The van der Waals surface area contributed by atoms with Crippen molar-refractivity contribution in [2.45, 2.75) is 51.5 Å². The molecule has 3 nitrogen and oxygen atoms in total. The van der Waals surface area contributed by atoms with Gasteiger partial charge in [0.15, 0.2) is 0 Å². The van der Waals surface area contributed by atoms with Crippen LogP contribution in [0.4, 0.5) is 0 Å². The summed E-state index contributed by atoms with van der Waals surface area (Å²) < 4.78 is 0. The predicted octanol–water partition coefficient (Wildman–Crippen LogP) is 2.27. The second kappa shape index (κ2) is 5.43. The molecule has 2 bridgehead atoms. The smallest absolute Gasteiger partial charge is 0.239 e. The summed E-state index contributed by atoms with van der Waals surface area (Å²) in [4.78, 5) is 14.6. The predicted molar refractivity (Wildman–Crippen MR) is 76.8 cm³/mol. The molecule has 0 radical (unpaired) electrons. The number of fused-ring (bicyclic) bond motifs is 2. The number of nitrogens with one attached hydrogen (secondary N) is 1. The van der Waals surface area contributed by atoms with Crippen LogP contribution in [0.25, 0.3) is 0 Å². The molecule has 3 rings (SSSR count). The molecule has 1 aliphatic heterocycles. The fourth-order valence-corrected chi connectivity index (χ4v) is 4.66. The first-order valence-corrected chi connectivity index (χ1v) is 8.13. The second-order valence-electron chi connectivity index (χ2n) is 7.21. The summed E-state index contributed by atoms with van der Waals surface area (Å²) in [5.41, 5.74) is 0. The topological polar surface area (TPSA) is 32.3 Å². The van der Waals surface area contributed by atoms with Gasteiger partial charge in [-0.3, -0.25) is 4.79 Å². The van der Waals surface area contributed by atoms with E-state index in [1.165, 1.54) is 38.5 Å². The third-order valence-corrected chi connectivity index (χ3v) is 5.80. The van der Waals surface area contributed by atoms with Crippen LogP contribution in [0.2, 0.25) is 0 Å². The third kappa shape index (κ3) is 2.67. The molecule has 1 saturated heterocycles. The van der Waals surface area contributed by atoms with E-state index in [9.17, 15) is 4.79 Å². The van der Waals surface area contributed by atoms with E-state index in [2.05, 4.69) is 12.2 Å². The Labute approximate surface area is 117 Å². The lowest BCUT2D eigenvalue weighted by Crippen LogP contribution is -2.52. The highest BCUT2D eigenvalue weighted by molar-refractivity contribution is 5.82. The molecule has 0 aromatic rings. The standard InChI is InChI=1S/C16H28N2O/c1-11-4-3-7-17-15(11)16(19)18(2)10-14-9-12-5-6-13(14)8-12/h11-15,17H,3-10H2,1-2H3. The largest absolute Gasteiger partial charge is 0.344 e. The zero-order chi connectivity index (χ0) is 13.4. The molecule has 3 heteroatoms. The lowest BCUT2D eigenvalue weighted by atomic mass is 9.87. The van der Waals surface area contributed by atoms with Gasteiger partial charge >= 0.3 is 0 Å². The Morgan fingerprint density at radius 1 is 1.26 bits per heavy atom. The van der Waals surface area contributed by atoms with Crippen molar-refractivity contribution < 1.29 is 4.79 Å². The van der Waals surface area contributed by atoms with E-state index >= 15 is 0 Å². The minimum atomic E-state index is 0.0670. The summed E-state index contributed by atoms with van der Waals surface area (Å²) in [6.45, 7) is 4.20. The zero-order valence-electron chi connectivity index (χ0n) is 12.4. The Morgan fingerprint density at radius 3 is 2.74 bits per heavy atom. The number of rotatable bonds is 3. The number of piperidine rings is 1. The molecular weight excluding hydrogens is 236 g/mol. The van der Waals surface area contributed by atoms with Crippen molar-refractivity contribution in [1.29, 1.82) is 0 Å². The van der Waals surface area contributed by atoms with Crippen molar-refractivity contribution in [2.24, 2.45) is 23.7 Å². The van der Waals surface area contributed by atoms with Gasteiger partial charge in [0.2, 0.25) is 5.91 Å². The highest BCUT2D eigenvalue weighted by atomic mass is 16.2. The Bertz CT molecular complexity index is 344. The molecule has 1 amide bonds. The SMILES string of the molecule is CC1CCCNC1C(=O)N(C)CC1CC2CCC1C2. The molecule has 0 spiro atoms. The van der Waals surface area contributed by atoms with Crippen LogP contribution in [-0.4, -0.2) is 37.0 Å². The average molecular weight is 264 g/mol. The Hall–Kier alpha value is -0.570. The van der Waals surface area contributed by atoms with Crippen molar-refractivity contribution in [3.63, 3.8) is 0 Å². The maximum atomic E-state index is 12.6. The van der Waals surface area contributed by atoms with Gasteiger partial charge in [-0.2, -0.15) is 0 Å². The minimum Gasteiger partial charge on any atom is -0.344 e. The molecule has 2 saturated carbocycles. The van der Waals surface area contributed by atoms with E-state index in [0.29, 0.717) is 11.8 Å². The van der Waals surface area contributed by atoms with E-state index in [0.717, 1.165) is 30.8 Å². The van der Waals surface area contributed by atoms with E-state index in [1.807, 2.05) is 11.9 Å². The first kappa shape index (κ1) is 13.4. The molecule has 3 aliphatic rings. The van der Waals surface area contributed by atoms with Crippen LogP contribution in [0.3, 0.4) is 0 Å². The van der Waals surface area contributed by atoms with Crippen LogP contribution in [0.1, 0.15) is 45.4 Å². The Kier molecular flexibility index (Phi) is 3.84. The molecule has 3 fully saturated rings. The van der Waals surface area contributed by atoms with Crippen LogP contribution < -0.4 is 5.32 Å². The van der Waals surface area contributed by atoms with E-state index < -0.39 is 0 Å². The molecule has 0 aromatic carbocycles. The van der Waals surface area contributed by atoms with Gasteiger partial charge in [-0.05, 0) is 62.3 Å². The van der Waals surface area contributed by atoms with Gasteiger partial charge in [0.05, 0.1) is 6.04 Å². The van der Waals surface area contributed by atoms with Gasteiger partial charge < -0.3 is 10.2 Å². The van der Waals surface area contributed by atoms with Crippen molar-refractivity contribution in [2.75, 3.05) is 20.1 Å². The van der Waals surface area contributed by atoms with Gasteiger partial charge in [-0.1, -0.05) is 13.3 Å². The van der Waals surface area contributed by atoms with Crippen LogP contribution >= 0.6 is 0 Å². The number of carbonyl (C=O) groups is 1. The van der Waals surface area contributed by atoms with Crippen LogP contribution in [-0.2, 0) is 4.79 Å². The summed E-state index contributed by atoms with van der Waals surface area (Å²) in [6, 6.07) is 0.0670. The molecule has 5 atom stereocenters. The number of likely N-dealkylation sites (N-methyl/N-ethyl adjacent to an activating group) is 1. The first-order chi connectivity index (χ1) is 9.15. The van der Waals surface area contributed by atoms with Gasteiger partial charge in [-0.25, -0.2) is 0 Å². The lowest BCUT2D eigenvalue weighted by Gasteiger charge is -2.34. The number of carbonyl (C=O) groups excluding carboxylic acids is 1. The highest BCUT2D eigenvalue weighted by Gasteiger charge is 2.40. The number of hydrogen-bond donors (Lipinski definition) is 1. The zero-order valence-corrected chi connectivity index (χ0v) is 12.4. The van der Waals surface area contributed by atoms with Gasteiger partial charge in [0.1, 0.15) is 0 Å². The van der Waals surface area contributed by atoms with Crippen molar-refractivity contribution in [3.8, 4) is 0 Å². The van der Waals surface area contributed by atoms with Crippen LogP contribution in [0.15, 0.2) is 0 Å². The van der Waals surface area contributed by atoms with Gasteiger partial charge in [-0.15, -0.1) is 0 Å². The fraction of sp³-hybridized carbons (Fsp3) is 0.938. The van der Waals surface area contributed by atoms with Gasteiger partial charge in [0.25, 0.3) is 0 Å². The van der Waals surface area contributed by atoms with Gasteiger partial charge in [0, 0.05) is 13.6 Å². The van der Waals surface area contributed by atoms with Crippen LogP contribution in [0.5, 0.6) is 0 Å². The van der Waals surface area contributed by atoms with E-state index in [-0.39, 0.29) is 6.04 Å². The summed E-state index contributed by atoms with van der Waals surface area (Å²) >= 11 is 0. The molecule has 108 valence electrons. The van der Waals surface area contributed by atoms with Crippen molar-refractivity contribution >= 4 is 5.91 Å². The van der Waals surface area contributed by atoms with E-state index in [4.69, 9.17) is 0 Å². The molecule has 5 unspecified atom stereocenters. The number of amides is 1. The van der Waals surface area contributed by atoms with E-state index in [1.54, 1.807) is 0 Å². The second-order valence-corrected chi connectivity index (χ2v) is 7.21. The third-order valence-electron chi connectivity index (χ3n) is 5.80. The number of hydrogen-bond acceptors (Lipinski definition) is 2. The quantitative estimate of drug-likeness (QED) is 0.848. The molecule has 2 aliphatic carbocycles. The minimum absolute atomic E-state index is 0.0670. The molecule has 1 N–H and O–H groups in total. The van der Waals surface area contributed by atoms with Crippen molar-refractivity contribution in [3.05, 3.63) is 0 Å². The van der Waals surface area contributed by atoms with Crippen LogP contribution in [0, 0.1) is 23.7 Å². The summed E-state index contributed by atoms with van der Waals surface area (Å²) in [7, 11) is 2.01. The first-order valence-electron chi connectivity index (χ1n) is 8.13. The molecular formula is C16H28N2O. The average Bonchev–Trinajstić information content (AvgIpc) is 3.00. The monoisotopic (exact) mass is 264 g/mol. The maximum Gasteiger partial charge on any atom is 0.239 e. The Morgan fingerprint density at radius 2 is 2.11 bits per heavy atom. The Balaban J connectivity index is 1.54. The normalized spacial score (nSPS) is 41.5. The highest BCUT2D eigenvalue weighted by Crippen LogP contribution is 2.48. The summed E-state index contributed by atoms with van der Waals surface area (Å²) in [6.07, 6.45) is 8.06. The number of nitrogens with zero attached hydrogens (tertiary/aromatic N) is 1. The maximum absolute atomic E-state index is 12.6. The lowest BCUT2D eigenvalue weighted by molar-refractivity contribution is -0.134. The molecule has 19 heavy (non-hydrogen) atoms. The summed E-state index contributed by atoms with van der Waals surface area (Å²) in [5.74, 6) is 3.49. The molecule has 1 heterocycles. The van der Waals surface area contributed by atoms with Crippen molar-refractivity contribution in [1.82, 2.24) is 10.2 Å². The fourth-order valence-electron chi connectivity index (χ4n) is 4.66. The summed E-state index contributed by atoms with van der Waals surface area (Å²) in [5, 5.41) is 3.42.